The van der Waals surface area contributed by atoms with Crippen molar-refractivity contribution in [2.75, 3.05) is 6.54 Å². The van der Waals surface area contributed by atoms with Gasteiger partial charge in [0.1, 0.15) is 0 Å². The number of aliphatic imine (C=N–C) groups is 1. The largest absolute Gasteiger partial charge is 0.366 e. The zero-order valence-electron chi connectivity index (χ0n) is 8.07. The van der Waals surface area contributed by atoms with Crippen LogP contribution in [0.2, 0.25) is 0 Å². The van der Waals surface area contributed by atoms with E-state index in [0.29, 0.717) is 12.4 Å². The Labute approximate surface area is 82.6 Å². The van der Waals surface area contributed by atoms with Crippen molar-refractivity contribution in [3.8, 4) is 0 Å². The summed E-state index contributed by atoms with van der Waals surface area (Å²) in [5.74, 6) is 1.75. The van der Waals surface area contributed by atoms with Gasteiger partial charge in [-0.1, -0.05) is 11.6 Å². The Kier molecular flexibility index (Phi) is 3.10. The molecule has 0 aromatic carbocycles. The van der Waals surface area contributed by atoms with Gasteiger partial charge in [-0.05, 0) is 12.8 Å². The van der Waals surface area contributed by atoms with Crippen LogP contribution in [0.15, 0.2) is 15.9 Å². The van der Waals surface area contributed by atoms with Gasteiger partial charge in [-0.3, -0.25) is 4.99 Å². The lowest BCUT2D eigenvalue weighted by molar-refractivity contribution is 0.409. The molecule has 5 nitrogen and oxygen atoms in total. The van der Waals surface area contributed by atoms with Crippen molar-refractivity contribution < 1.29 is 4.52 Å². The van der Waals surface area contributed by atoms with E-state index in [1.165, 1.54) is 25.7 Å². The summed E-state index contributed by atoms with van der Waals surface area (Å²) < 4.78 is 4.64. The Morgan fingerprint density at radius 1 is 1.36 bits per heavy atom. The number of amidine groups is 1. The van der Waals surface area contributed by atoms with Crippen molar-refractivity contribution in [3.63, 3.8) is 0 Å². The molecular weight excluding hydrogens is 180 g/mol. The molecule has 0 saturated heterocycles. The predicted molar refractivity (Wildman–Crippen MR) is 51.9 cm³/mol. The van der Waals surface area contributed by atoms with Crippen molar-refractivity contribution in [3.05, 3.63) is 12.2 Å². The van der Waals surface area contributed by atoms with Gasteiger partial charge in [0.15, 0.2) is 5.82 Å². The molecule has 0 amide bonds. The van der Waals surface area contributed by atoms with Gasteiger partial charge in [0.2, 0.25) is 6.39 Å². The van der Waals surface area contributed by atoms with Crippen LogP contribution in [-0.4, -0.2) is 22.5 Å². The lowest BCUT2D eigenvalue weighted by Gasteiger charge is -2.04. The van der Waals surface area contributed by atoms with Crippen LogP contribution in [0.25, 0.3) is 0 Å². The first-order valence-corrected chi connectivity index (χ1v) is 4.97. The fraction of sp³-hybridized carbons (Fsp3) is 0.667. The quantitative estimate of drug-likeness (QED) is 0.766. The summed E-state index contributed by atoms with van der Waals surface area (Å²) in [6.45, 7) is 1.55. The number of hydrogen-bond acceptors (Lipinski definition) is 5. The molecular formula is C9H14N4O. The number of nitrogens with one attached hydrogen (secondary N) is 1. The lowest BCUT2D eigenvalue weighted by Crippen LogP contribution is -2.23. The van der Waals surface area contributed by atoms with Crippen molar-refractivity contribution >= 4 is 5.84 Å². The van der Waals surface area contributed by atoms with Crippen molar-refractivity contribution in [1.82, 2.24) is 15.5 Å². The van der Waals surface area contributed by atoms with Gasteiger partial charge < -0.3 is 9.84 Å². The van der Waals surface area contributed by atoms with Gasteiger partial charge >= 0.3 is 0 Å². The van der Waals surface area contributed by atoms with Crippen LogP contribution < -0.4 is 5.32 Å². The summed E-state index contributed by atoms with van der Waals surface area (Å²) in [4.78, 5) is 8.37. The summed E-state index contributed by atoms with van der Waals surface area (Å²) >= 11 is 0. The van der Waals surface area contributed by atoms with Crippen LogP contribution >= 0.6 is 0 Å². The van der Waals surface area contributed by atoms with Crippen LogP contribution in [0.3, 0.4) is 0 Å². The van der Waals surface area contributed by atoms with E-state index in [0.717, 1.165) is 18.8 Å². The fourth-order valence-corrected chi connectivity index (χ4v) is 1.47. The van der Waals surface area contributed by atoms with Crippen molar-refractivity contribution in [1.29, 1.82) is 0 Å². The summed E-state index contributed by atoms with van der Waals surface area (Å²) in [7, 11) is 0. The molecule has 1 aliphatic heterocycles. The second-order valence-corrected chi connectivity index (χ2v) is 3.34. The molecule has 2 heterocycles. The molecule has 2 rings (SSSR count). The minimum Gasteiger partial charge on any atom is -0.366 e. The highest BCUT2D eigenvalue weighted by Gasteiger charge is 2.04. The zero-order valence-corrected chi connectivity index (χ0v) is 8.07. The van der Waals surface area contributed by atoms with Gasteiger partial charge in [0, 0.05) is 13.0 Å². The molecule has 0 unspecified atom stereocenters. The molecule has 1 aromatic rings. The Bertz CT molecular complexity index is 294. The zero-order chi connectivity index (χ0) is 9.64. The van der Waals surface area contributed by atoms with E-state index in [1.807, 2.05) is 0 Å². The van der Waals surface area contributed by atoms with Crippen molar-refractivity contribution in [2.45, 2.75) is 32.2 Å². The second-order valence-electron chi connectivity index (χ2n) is 3.34. The van der Waals surface area contributed by atoms with Gasteiger partial charge in [0.25, 0.3) is 0 Å². The molecule has 76 valence electrons. The van der Waals surface area contributed by atoms with Gasteiger partial charge in [-0.25, -0.2) is 0 Å². The Hall–Kier alpha value is -1.39. The minimum atomic E-state index is 0.606. The minimum absolute atomic E-state index is 0.606. The number of nitrogens with zero attached hydrogens (tertiary/aromatic N) is 3. The molecule has 0 bridgehead atoms. The van der Waals surface area contributed by atoms with E-state index in [2.05, 4.69) is 25.0 Å². The van der Waals surface area contributed by atoms with Gasteiger partial charge in [-0.2, -0.15) is 4.98 Å². The maximum absolute atomic E-state index is 4.64. The highest BCUT2D eigenvalue weighted by Crippen LogP contribution is 2.06. The van der Waals surface area contributed by atoms with E-state index in [-0.39, 0.29) is 0 Å². The van der Waals surface area contributed by atoms with E-state index >= 15 is 0 Å². The highest BCUT2D eigenvalue weighted by molar-refractivity contribution is 5.82. The summed E-state index contributed by atoms with van der Waals surface area (Å²) in [5, 5.41) is 6.95. The maximum Gasteiger partial charge on any atom is 0.213 e. The number of aromatic nitrogens is 2. The van der Waals surface area contributed by atoms with E-state index in [4.69, 9.17) is 0 Å². The normalized spacial score (nSPS) is 17.3. The predicted octanol–water partition coefficient (Wildman–Crippen LogP) is 1.13. The SMILES string of the molecule is c1nc(CNC2=NCCCCC2)no1. The molecule has 0 saturated carbocycles. The first-order chi connectivity index (χ1) is 6.95. The van der Waals surface area contributed by atoms with Crippen LogP contribution in [-0.2, 0) is 6.54 Å². The molecule has 0 radical (unpaired) electrons. The molecule has 0 atom stereocenters. The molecule has 5 heteroatoms. The average molecular weight is 194 g/mol. The smallest absolute Gasteiger partial charge is 0.213 e. The average Bonchev–Trinajstić information content (AvgIpc) is 2.58. The van der Waals surface area contributed by atoms with Crippen molar-refractivity contribution in [2.24, 2.45) is 4.99 Å². The van der Waals surface area contributed by atoms with E-state index in [9.17, 15) is 0 Å². The first kappa shape index (κ1) is 9.18. The topological polar surface area (TPSA) is 63.3 Å². The third-order valence-electron chi connectivity index (χ3n) is 2.23. The summed E-state index contributed by atoms with van der Waals surface area (Å²) in [5.41, 5.74) is 0. The van der Waals surface area contributed by atoms with Crippen LogP contribution in [0.4, 0.5) is 0 Å². The molecule has 14 heavy (non-hydrogen) atoms. The van der Waals surface area contributed by atoms with Crippen LogP contribution in [0, 0.1) is 0 Å². The number of rotatable bonds is 2. The van der Waals surface area contributed by atoms with Gasteiger partial charge in [-0.15, -0.1) is 0 Å². The maximum atomic E-state index is 4.64. The molecule has 1 aliphatic rings. The first-order valence-electron chi connectivity index (χ1n) is 4.97. The fourth-order valence-electron chi connectivity index (χ4n) is 1.47. The summed E-state index contributed by atoms with van der Waals surface area (Å²) in [6, 6.07) is 0. The van der Waals surface area contributed by atoms with Crippen LogP contribution in [0.1, 0.15) is 31.5 Å². The molecule has 0 aliphatic carbocycles. The van der Waals surface area contributed by atoms with E-state index in [1.54, 1.807) is 0 Å². The Morgan fingerprint density at radius 3 is 3.21 bits per heavy atom. The standard InChI is InChI=1S/C9H14N4O/c1-2-4-8(10-5-3-1)11-6-9-12-7-14-13-9/h7H,1-6H2,(H,10,11). The number of hydrogen-bond donors (Lipinski definition) is 1. The molecule has 1 N–H and O–H groups in total. The summed E-state index contributed by atoms with van der Waals surface area (Å²) in [6.07, 6.45) is 6.08. The second kappa shape index (κ2) is 4.74. The van der Waals surface area contributed by atoms with E-state index < -0.39 is 0 Å². The third kappa shape index (κ3) is 2.55. The lowest BCUT2D eigenvalue weighted by atomic mass is 10.2. The highest BCUT2D eigenvalue weighted by atomic mass is 16.5. The monoisotopic (exact) mass is 194 g/mol. The van der Waals surface area contributed by atoms with Crippen LogP contribution in [0.5, 0.6) is 0 Å². The molecule has 0 fully saturated rings. The van der Waals surface area contributed by atoms with Gasteiger partial charge in [0.05, 0.1) is 12.4 Å². The molecule has 0 spiro atoms. The molecule has 1 aromatic heterocycles. The Balaban J connectivity index is 1.82. The Morgan fingerprint density at radius 2 is 2.36 bits per heavy atom. The third-order valence-corrected chi connectivity index (χ3v) is 2.23.